The van der Waals surface area contributed by atoms with Crippen molar-refractivity contribution in [2.24, 2.45) is 17.8 Å². The number of hydrogen-bond donors (Lipinski definition) is 3. The van der Waals surface area contributed by atoms with E-state index in [0.717, 1.165) is 108 Å². The number of hydrogen-bond acceptors (Lipinski definition) is 15. The lowest BCUT2D eigenvalue weighted by atomic mass is 9.99. The normalized spacial score (nSPS) is 14.4. The van der Waals surface area contributed by atoms with Crippen molar-refractivity contribution in [2.45, 2.75) is 407 Å². The van der Waals surface area contributed by atoms with Gasteiger partial charge in [0.2, 0.25) is 0 Å². The van der Waals surface area contributed by atoms with Gasteiger partial charge in [-0.2, -0.15) is 0 Å². The smallest absolute Gasteiger partial charge is 0.462 e. The molecule has 0 bridgehead atoms. The molecular weight excluding hydrogens is 1250 g/mol. The van der Waals surface area contributed by atoms with Crippen LogP contribution in [-0.4, -0.2) is 96.7 Å². The average molecular weight is 1400 g/mol. The third kappa shape index (κ3) is 69.0. The first-order chi connectivity index (χ1) is 45.8. The molecule has 0 aliphatic heterocycles. The van der Waals surface area contributed by atoms with Crippen LogP contribution in [0.25, 0.3) is 0 Å². The van der Waals surface area contributed by atoms with E-state index in [9.17, 15) is 43.2 Å². The molecule has 0 aromatic heterocycles. The Hall–Kier alpha value is -1.94. The fourth-order valence-corrected chi connectivity index (χ4v) is 13.1. The van der Waals surface area contributed by atoms with Gasteiger partial charge in [-0.3, -0.25) is 37.3 Å². The van der Waals surface area contributed by atoms with Gasteiger partial charge in [0, 0.05) is 25.7 Å². The van der Waals surface area contributed by atoms with Crippen LogP contribution in [0.4, 0.5) is 0 Å². The number of carbonyl (C=O) groups is 4. The number of ether oxygens (including phenoxy) is 4. The SMILES string of the molecule is CCCCCCCCCCCCCCCCCCCCC(=O)O[C@H](COC(=O)CCCCCCCCCCCCCCC(C)C)COP(=O)(O)OC[C@@H](O)COP(=O)(O)OC[C@@H](COC(=O)CCCCCCCCCC(C)C)OC(=O)CCCCCCCCCCC(C)CC. The van der Waals surface area contributed by atoms with Gasteiger partial charge >= 0.3 is 39.5 Å². The highest BCUT2D eigenvalue weighted by Gasteiger charge is 2.30. The molecule has 0 aromatic rings. The van der Waals surface area contributed by atoms with Crippen LogP contribution in [-0.2, 0) is 65.4 Å². The topological polar surface area (TPSA) is 237 Å². The molecule has 0 aromatic carbocycles. The van der Waals surface area contributed by atoms with E-state index < -0.39 is 97.5 Å². The maximum atomic E-state index is 13.1. The summed E-state index contributed by atoms with van der Waals surface area (Å²) < 4.78 is 68.5. The van der Waals surface area contributed by atoms with Gasteiger partial charge in [0.25, 0.3) is 0 Å². The zero-order chi connectivity index (χ0) is 70.1. The molecule has 3 unspecified atom stereocenters. The number of aliphatic hydroxyl groups excluding tert-OH is 1. The van der Waals surface area contributed by atoms with Gasteiger partial charge in [-0.15, -0.1) is 0 Å². The minimum atomic E-state index is -4.96. The highest BCUT2D eigenvalue weighted by Crippen LogP contribution is 2.45. The zero-order valence-electron chi connectivity index (χ0n) is 62.1. The first-order valence-corrected chi connectivity index (χ1v) is 42.4. The number of phosphoric acid groups is 2. The molecule has 564 valence electrons. The van der Waals surface area contributed by atoms with E-state index >= 15 is 0 Å². The molecule has 0 heterocycles. The summed E-state index contributed by atoms with van der Waals surface area (Å²) in [6, 6.07) is 0. The molecule has 17 nitrogen and oxygen atoms in total. The van der Waals surface area contributed by atoms with E-state index in [0.29, 0.717) is 31.6 Å². The van der Waals surface area contributed by atoms with Gasteiger partial charge in [-0.25, -0.2) is 9.13 Å². The Morgan fingerprint density at radius 3 is 0.800 bits per heavy atom. The largest absolute Gasteiger partial charge is 0.472 e. The summed E-state index contributed by atoms with van der Waals surface area (Å²) >= 11 is 0. The predicted molar refractivity (Wildman–Crippen MR) is 386 cm³/mol. The van der Waals surface area contributed by atoms with Crippen LogP contribution in [0, 0.1) is 17.8 Å². The van der Waals surface area contributed by atoms with Crippen molar-refractivity contribution < 1.29 is 80.2 Å². The third-order valence-electron chi connectivity index (χ3n) is 18.0. The number of carbonyl (C=O) groups excluding carboxylic acids is 4. The summed E-state index contributed by atoms with van der Waals surface area (Å²) in [6.07, 6.45) is 52.8. The fourth-order valence-electron chi connectivity index (χ4n) is 11.6. The van der Waals surface area contributed by atoms with Gasteiger partial charge < -0.3 is 33.8 Å². The molecule has 3 N–H and O–H groups in total. The van der Waals surface area contributed by atoms with Crippen LogP contribution in [0.2, 0.25) is 0 Å². The van der Waals surface area contributed by atoms with Crippen LogP contribution in [0.1, 0.15) is 389 Å². The molecule has 0 amide bonds. The molecule has 0 radical (unpaired) electrons. The lowest BCUT2D eigenvalue weighted by molar-refractivity contribution is -0.161. The van der Waals surface area contributed by atoms with Gasteiger partial charge in [0.1, 0.15) is 19.3 Å². The van der Waals surface area contributed by atoms with Crippen molar-refractivity contribution in [3.8, 4) is 0 Å². The lowest BCUT2D eigenvalue weighted by Gasteiger charge is -2.21. The predicted octanol–water partition coefficient (Wildman–Crippen LogP) is 22.2. The highest BCUT2D eigenvalue weighted by molar-refractivity contribution is 7.47. The highest BCUT2D eigenvalue weighted by atomic mass is 31.2. The molecule has 0 saturated carbocycles. The molecule has 0 saturated heterocycles. The van der Waals surface area contributed by atoms with Gasteiger partial charge in [-0.05, 0) is 43.4 Å². The van der Waals surface area contributed by atoms with Crippen molar-refractivity contribution >= 4 is 39.5 Å². The summed E-state index contributed by atoms with van der Waals surface area (Å²) in [5, 5.41) is 10.6. The van der Waals surface area contributed by atoms with E-state index in [1.807, 2.05) is 0 Å². The summed E-state index contributed by atoms with van der Waals surface area (Å²) in [7, 11) is -9.91. The number of aliphatic hydroxyl groups is 1. The molecule has 0 aliphatic rings. The second-order valence-electron chi connectivity index (χ2n) is 28.6. The Balaban J connectivity index is 5.25. The van der Waals surface area contributed by atoms with Crippen molar-refractivity contribution in [2.75, 3.05) is 39.6 Å². The summed E-state index contributed by atoms with van der Waals surface area (Å²) in [5.41, 5.74) is 0. The first-order valence-electron chi connectivity index (χ1n) is 39.4. The maximum absolute atomic E-state index is 13.1. The minimum absolute atomic E-state index is 0.104. The van der Waals surface area contributed by atoms with Gasteiger partial charge in [0.05, 0.1) is 26.4 Å². The van der Waals surface area contributed by atoms with Crippen LogP contribution in [0.15, 0.2) is 0 Å². The van der Waals surface area contributed by atoms with Crippen molar-refractivity contribution in [1.82, 2.24) is 0 Å². The monoisotopic (exact) mass is 1400 g/mol. The van der Waals surface area contributed by atoms with E-state index in [-0.39, 0.29) is 25.7 Å². The molecule has 19 heteroatoms. The minimum Gasteiger partial charge on any atom is -0.462 e. The molecule has 0 spiro atoms. The molecule has 0 rings (SSSR count). The zero-order valence-corrected chi connectivity index (χ0v) is 63.9. The fraction of sp³-hybridized carbons (Fsp3) is 0.947. The van der Waals surface area contributed by atoms with Crippen LogP contribution >= 0.6 is 15.6 Å². The maximum Gasteiger partial charge on any atom is 0.472 e. The van der Waals surface area contributed by atoms with Crippen LogP contribution in [0.3, 0.4) is 0 Å². The quantitative estimate of drug-likeness (QED) is 0.0222. The molecule has 95 heavy (non-hydrogen) atoms. The third-order valence-corrected chi connectivity index (χ3v) is 19.9. The average Bonchev–Trinajstić information content (AvgIpc) is 3.18. The Bertz CT molecular complexity index is 1850. The second-order valence-corrected chi connectivity index (χ2v) is 31.5. The van der Waals surface area contributed by atoms with Crippen LogP contribution in [0.5, 0.6) is 0 Å². The second kappa shape index (κ2) is 66.6. The summed E-state index contributed by atoms with van der Waals surface area (Å²) in [6.45, 7) is 11.9. The Morgan fingerprint density at radius 1 is 0.305 bits per heavy atom. The van der Waals surface area contributed by atoms with Crippen molar-refractivity contribution in [1.29, 1.82) is 0 Å². The Labute approximate surface area is 581 Å². The van der Waals surface area contributed by atoms with E-state index in [1.54, 1.807) is 0 Å². The van der Waals surface area contributed by atoms with E-state index in [4.69, 9.17) is 37.0 Å². The molecule has 6 atom stereocenters. The summed E-state index contributed by atoms with van der Waals surface area (Å²) in [5.74, 6) is 0.137. The lowest BCUT2D eigenvalue weighted by Crippen LogP contribution is -2.30. The number of phosphoric ester groups is 2. The van der Waals surface area contributed by atoms with E-state index in [1.165, 1.54) is 193 Å². The molecule has 0 fully saturated rings. The van der Waals surface area contributed by atoms with E-state index in [2.05, 4.69) is 48.5 Å². The van der Waals surface area contributed by atoms with Crippen molar-refractivity contribution in [3.05, 3.63) is 0 Å². The number of unbranched alkanes of at least 4 members (excludes halogenated alkanes) is 41. The number of rotatable bonds is 74. The van der Waals surface area contributed by atoms with Crippen molar-refractivity contribution in [3.63, 3.8) is 0 Å². The molecular formula is C76H148O17P2. The standard InChI is InChI=1S/C76H148O17P2/c1-8-10-11-12-13-14-15-16-17-18-19-20-21-26-29-37-45-52-59-75(80)92-71(63-86-73(78)57-50-43-36-28-25-23-22-24-27-33-40-47-54-67(3)4)65-90-94(82,83)88-61-70(77)62-89-95(84,85)91-66-72(64-87-74(79)58-51-44-39-32-34-41-48-55-68(5)6)93-76(81)60-53-46-38-31-30-35-42-49-56-69(7)9-2/h67-72,77H,8-66H2,1-7H3,(H,82,83)(H,84,85)/t69?,70-,71-,72-/m1/s1. The Morgan fingerprint density at radius 2 is 0.537 bits per heavy atom. The van der Waals surface area contributed by atoms with Crippen LogP contribution < -0.4 is 0 Å². The van der Waals surface area contributed by atoms with Gasteiger partial charge in [0.15, 0.2) is 12.2 Å². The molecule has 0 aliphatic carbocycles. The summed E-state index contributed by atoms with van der Waals surface area (Å²) in [4.78, 5) is 72.8. The first kappa shape index (κ1) is 93.1. The Kier molecular flexibility index (Phi) is 65.2. The number of esters is 4. The van der Waals surface area contributed by atoms with Gasteiger partial charge in [-0.1, -0.05) is 337 Å².